The Morgan fingerprint density at radius 2 is 1.90 bits per heavy atom. The summed E-state index contributed by atoms with van der Waals surface area (Å²) >= 11 is 0. The number of amides is 1. The molecule has 1 atom stereocenters. The van der Waals surface area contributed by atoms with Gasteiger partial charge in [-0.1, -0.05) is 24.3 Å². The number of carbonyl (C=O) groups excluding carboxylic acids is 1. The molecule has 0 radical (unpaired) electrons. The van der Waals surface area contributed by atoms with E-state index in [2.05, 4.69) is 4.98 Å². The maximum Gasteiger partial charge on any atom is 0.254 e. The van der Waals surface area contributed by atoms with Crippen molar-refractivity contribution in [3.8, 4) is 5.88 Å². The van der Waals surface area contributed by atoms with Gasteiger partial charge in [0, 0.05) is 24.4 Å². The van der Waals surface area contributed by atoms with E-state index in [-0.39, 0.29) is 11.9 Å². The van der Waals surface area contributed by atoms with Gasteiger partial charge in [-0.25, -0.2) is 4.98 Å². The first-order valence-electron chi connectivity index (χ1n) is 7.12. The molecule has 0 saturated heterocycles. The molecule has 2 aromatic rings. The minimum absolute atomic E-state index is 0.0234. The third-order valence-corrected chi connectivity index (χ3v) is 3.26. The van der Waals surface area contributed by atoms with E-state index >= 15 is 0 Å². The number of hydrogen-bond donors (Lipinski definition) is 0. The number of benzene rings is 1. The van der Waals surface area contributed by atoms with Gasteiger partial charge < -0.3 is 9.64 Å². The van der Waals surface area contributed by atoms with E-state index in [1.165, 1.54) is 0 Å². The topological polar surface area (TPSA) is 42.4 Å². The van der Waals surface area contributed by atoms with E-state index in [9.17, 15) is 4.79 Å². The van der Waals surface area contributed by atoms with Gasteiger partial charge in [-0.2, -0.15) is 0 Å². The van der Waals surface area contributed by atoms with Crippen LogP contribution in [0, 0.1) is 0 Å². The number of carbonyl (C=O) groups is 1. The number of aromatic nitrogens is 1. The molecular weight excluding hydrogens is 264 g/mol. The van der Waals surface area contributed by atoms with Gasteiger partial charge in [0.05, 0.1) is 6.04 Å². The fraction of sp³-hybridized carbons (Fsp3) is 0.294. The van der Waals surface area contributed by atoms with E-state index in [0.717, 1.165) is 0 Å². The fourth-order valence-electron chi connectivity index (χ4n) is 2.13. The molecule has 4 heteroatoms. The molecule has 21 heavy (non-hydrogen) atoms. The van der Waals surface area contributed by atoms with Gasteiger partial charge in [0.15, 0.2) is 0 Å². The maximum absolute atomic E-state index is 12.5. The highest BCUT2D eigenvalue weighted by Gasteiger charge is 2.20. The lowest BCUT2D eigenvalue weighted by Crippen LogP contribution is -2.41. The zero-order valence-electron chi connectivity index (χ0n) is 12.4. The maximum atomic E-state index is 12.5. The summed E-state index contributed by atoms with van der Waals surface area (Å²) in [5.74, 6) is 0.600. The summed E-state index contributed by atoms with van der Waals surface area (Å²) < 4.78 is 5.63. The SMILES string of the molecule is CCN(C(=O)c1ccccc1)C(C)COc1ccccn1. The first-order chi connectivity index (χ1) is 10.2. The van der Waals surface area contributed by atoms with E-state index in [0.29, 0.717) is 24.6 Å². The average molecular weight is 284 g/mol. The Balaban J connectivity index is 1.98. The molecule has 110 valence electrons. The summed E-state index contributed by atoms with van der Waals surface area (Å²) in [6, 6.07) is 14.8. The van der Waals surface area contributed by atoms with E-state index < -0.39 is 0 Å². The van der Waals surface area contributed by atoms with E-state index in [4.69, 9.17) is 4.74 Å². The van der Waals surface area contributed by atoms with Crippen LogP contribution in [-0.4, -0.2) is 35.0 Å². The summed E-state index contributed by atoms with van der Waals surface area (Å²) in [6.07, 6.45) is 1.69. The largest absolute Gasteiger partial charge is 0.475 e. The van der Waals surface area contributed by atoms with Crippen LogP contribution in [0.4, 0.5) is 0 Å². The van der Waals surface area contributed by atoms with Crippen molar-refractivity contribution < 1.29 is 9.53 Å². The Morgan fingerprint density at radius 3 is 2.52 bits per heavy atom. The van der Waals surface area contributed by atoms with Crippen molar-refractivity contribution in [2.45, 2.75) is 19.9 Å². The second-order valence-electron chi connectivity index (χ2n) is 4.79. The van der Waals surface area contributed by atoms with Crippen LogP contribution in [0.5, 0.6) is 5.88 Å². The van der Waals surface area contributed by atoms with Crippen molar-refractivity contribution in [2.75, 3.05) is 13.2 Å². The predicted molar refractivity (Wildman–Crippen MR) is 82.3 cm³/mol. The van der Waals surface area contributed by atoms with Crippen molar-refractivity contribution in [3.05, 3.63) is 60.3 Å². The number of ether oxygens (including phenoxy) is 1. The minimum Gasteiger partial charge on any atom is -0.475 e. The van der Waals surface area contributed by atoms with Crippen LogP contribution in [0.1, 0.15) is 24.2 Å². The van der Waals surface area contributed by atoms with Crippen molar-refractivity contribution in [1.29, 1.82) is 0 Å². The number of rotatable bonds is 6. The highest BCUT2D eigenvalue weighted by molar-refractivity contribution is 5.94. The molecule has 4 nitrogen and oxygen atoms in total. The number of hydrogen-bond acceptors (Lipinski definition) is 3. The number of likely N-dealkylation sites (N-methyl/N-ethyl adjacent to an activating group) is 1. The molecule has 0 spiro atoms. The lowest BCUT2D eigenvalue weighted by atomic mass is 10.1. The molecule has 0 N–H and O–H groups in total. The van der Waals surface area contributed by atoms with Gasteiger partial charge in [-0.15, -0.1) is 0 Å². The van der Waals surface area contributed by atoms with Gasteiger partial charge in [-0.3, -0.25) is 4.79 Å². The highest BCUT2D eigenvalue weighted by Crippen LogP contribution is 2.10. The molecule has 1 aromatic heterocycles. The Hall–Kier alpha value is -2.36. The van der Waals surface area contributed by atoms with Crippen molar-refractivity contribution in [1.82, 2.24) is 9.88 Å². The van der Waals surface area contributed by atoms with Crippen molar-refractivity contribution in [2.24, 2.45) is 0 Å². The second kappa shape index (κ2) is 7.43. The van der Waals surface area contributed by atoms with Crippen LogP contribution in [0.3, 0.4) is 0 Å². The Labute approximate surface area is 125 Å². The van der Waals surface area contributed by atoms with Gasteiger partial charge in [0.2, 0.25) is 5.88 Å². The second-order valence-corrected chi connectivity index (χ2v) is 4.79. The smallest absolute Gasteiger partial charge is 0.254 e. The molecule has 1 heterocycles. The van der Waals surface area contributed by atoms with Crippen LogP contribution >= 0.6 is 0 Å². The third kappa shape index (κ3) is 4.05. The first kappa shape index (κ1) is 15.0. The normalized spacial score (nSPS) is 11.7. The Bertz CT molecular complexity index is 558. The number of nitrogens with zero attached hydrogens (tertiary/aromatic N) is 2. The molecule has 0 aliphatic heterocycles. The fourth-order valence-corrected chi connectivity index (χ4v) is 2.13. The summed E-state index contributed by atoms with van der Waals surface area (Å²) in [5, 5.41) is 0. The summed E-state index contributed by atoms with van der Waals surface area (Å²) in [7, 11) is 0. The number of pyridine rings is 1. The lowest BCUT2D eigenvalue weighted by Gasteiger charge is -2.28. The summed E-state index contributed by atoms with van der Waals surface area (Å²) in [4.78, 5) is 18.4. The molecule has 1 unspecified atom stereocenters. The summed E-state index contributed by atoms with van der Waals surface area (Å²) in [5.41, 5.74) is 0.698. The summed E-state index contributed by atoms with van der Waals surface area (Å²) in [6.45, 7) is 5.01. The molecule has 0 saturated carbocycles. The van der Waals surface area contributed by atoms with Crippen molar-refractivity contribution in [3.63, 3.8) is 0 Å². The predicted octanol–water partition coefficient (Wildman–Crippen LogP) is 3.01. The van der Waals surface area contributed by atoms with Crippen LogP contribution in [-0.2, 0) is 0 Å². The quantitative estimate of drug-likeness (QED) is 0.819. The van der Waals surface area contributed by atoms with Gasteiger partial charge >= 0.3 is 0 Å². The van der Waals surface area contributed by atoms with E-state index in [1.807, 2.05) is 62.4 Å². The molecule has 2 rings (SSSR count). The molecule has 1 amide bonds. The van der Waals surface area contributed by atoms with Crippen LogP contribution in [0.15, 0.2) is 54.7 Å². The van der Waals surface area contributed by atoms with Crippen LogP contribution in [0.2, 0.25) is 0 Å². The van der Waals surface area contributed by atoms with Crippen LogP contribution < -0.4 is 4.74 Å². The van der Waals surface area contributed by atoms with E-state index in [1.54, 1.807) is 11.1 Å². The molecule has 0 bridgehead atoms. The average Bonchev–Trinajstić information content (AvgIpc) is 2.55. The zero-order valence-corrected chi connectivity index (χ0v) is 12.4. The standard InChI is InChI=1S/C17H20N2O2/c1-3-19(17(20)15-9-5-4-6-10-15)14(2)13-21-16-11-7-8-12-18-16/h4-12,14H,3,13H2,1-2H3. The highest BCUT2D eigenvalue weighted by atomic mass is 16.5. The van der Waals surface area contributed by atoms with Crippen molar-refractivity contribution >= 4 is 5.91 Å². The molecule has 0 aliphatic rings. The van der Waals surface area contributed by atoms with Gasteiger partial charge in [0.1, 0.15) is 6.61 Å². The minimum atomic E-state index is -0.0234. The lowest BCUT2D eigenvalue weighted by molar-refractivity contribution is 0.0646. The third-order valence-electron chi connectivity index (χ3n) is 3.26. The zero-order chi connectivity index (χ0) is 15.1. The van der Waals surface area contributed by atoms with Gasteiger partial charge in [-0.05, 0) is 32.0 Å². The Kier molecular flexibility index (Phi) is 5.32. The van der Waals surface area contributed by atoms with Gasteiger partial charge in [0.25, 0.3) is 5.91 Å². The Morgan fingerprint density at radius 1 is 1.19 bits per heavy atom. The molecule has 0 fully saturated rings. The van der Waals surface area contributed by atoms with Crippen LogP contribution in [0.25, 0.3) is 0 Å². The molecule has 0 aliphatic carbocycles. The monoisotopic (exact) mass is 284 g/mol. The molecular formula is C17H20N2O2. The first-order valence-corrected chi connectivity index (χ1v) is 7.12. The molecule has 1 aromatic carbocycles.